The standard InChI is InChI=1S/C16H19ClN4O2/c1-3-4-7-18-16-19-9-11(10-20-16)15(22)21-13-8-12(17)5-6-14(13)23-2/h5-6,8-10H,3-4,7H2,1-2H3,(H,21,22)(H,18,19,20). The Morgan fingerprint density at radius 1 is 1.30 bits per heavy atom. The van der Waals surface area contributed by atoms with Crippen molar-refractivity contribution < 1.29 is 9.53 Å². The number of benzene rings is 1. The summed E-state index contributed by atoms with van der Waals surface area (Å²) in [6, 6.07) is 5.00. The molecular formula is C16H19ClN4O2. The van der Waals surface area contributed by atoms with Gasteiger partial charge in [-0.05, 0) is 24.6 Å². The number of nitrogens with zero attached hydrogens (tertiary/aromatic N) is 2. The summed E-state index contributed by atoms with van der Waals surface area (Å²) in [5.41, 5.74) is 0.850. The van der Waals surface area contributed by atoms with Gasteiger partial charge in [0.15, 0.2) is 0 Å². The van der Waals surface area contributed by atoms with E-state index in [0.717, 1.165) is 19.4 Å². The van der Waals surface area contributed by atoms with E-state index in [1.807, 2.05) is 0 Å². The molecule has 0 aliphatic heterocycles. The predicted octanol–water partition coefficient (Wildman–Crippen LogP) is 3.60. The highest BCUT2D eigenvalue weighted by Crippen LogP contribution is 2.28. The number of methoxy groups -OCH3 is 1. The number of nitrogens with one attached hydrogen (secondary N) is 2. The first-order valence-electron chi connectivity index (χ1n) is 7.35. The van der Waals surface area contributed by atoms with Gasteiger partial charge < -0.3 is 15.4 Å². The normalized spacial score (nSPS) is 10.2. The van der Waals surface area contributed by atoms with Crippen LogP contribution in [0, 0.1) is 0 Å². The molecule has 2 aromatic rings. The monoisotopic (exact) mass is 334 g/mol. The number of hydrogen-bond donors (Lipinski definition) is 2. The maximum absolute atomic E-state index is 12.3. The molecule has 1 heterocycles. The van der Waals surface area contributed by atoms with Crippen molar-refractivity contribution in [2.45, 2.75) is 19.8 Å². The van der Waals surface area contributed by atoms with E-state index in [-0.39, 0.29) is 5.91 Å². The molecule has 0 saturated heterocycles. The summed E-state index contributed by atoms with van der Waals surface area (Å²) in [5, 5.41) is 6.34. The van der Waals surface area contributed by atoms with E-state index in [1.54, 1.807) is 18.2 Å². The quantitative estimate of drug-likeness (QED) is 0.756. The second kappa shape index (κ2) is 8.33. The summed E-state index contributed by atoms with van der Waals surface area (Å²) in [6.07, 6.45) is 5.09. The molecule has 0 saturated carbocycles. The van der Waals surface area contributed by atoms with Gasteiger partial charge >= 0.3 is 0 Å². The van der Waals surface area contributed by atoms with Crippen LogP contribution in [0.2, 0.25) is 5.02 Å². The fourth-order valence-electron chi connectivity index (χ4n) is 1.89. The van der Waals surface area contributed by atoms with Crippen LogP contribution < -0.4 is 15.4 Å². The Bertz CT molecular complexity index is 662. The minimum atomic E-state index is -0.328. The summed E-state index contributed by atoms with van der Waals surface area (Å²) < 4.78 is 5.20. The largest absolute Gasteiger partial charge is 0.495 e. The average molecular weight is 335 g/mol. The highest BCUT2D eigenvalue weighted by atomic mass is 35.5. The maximum atomic E-state index is 12.3. The number of anilines is 2. The van der Waals surface area contributed by atoms with E-state index < -0.39 is 0 Å². The van der Waals surface area contributed by atoms with E-state index >= 15 is 0 Å². The zero-order valence-electron chi connectivity index (χ0n) is 13.1. The van der Waals surface area contributed by atoms with Crippen LogP contribution >= 0.6 is 11.6 Å². The second-order valence-electron chi connectivity index (χ2n) is 4.87. The van der Waals surface area contributed by atoms with Crippen molar-refractivity contribution in [3.05, 3.63) is 41.2 Å². The van der Waals surface area contributed by atoms with Gasteiger partial charge in [0.25, 0.3) is 5.91 Å². The number of amides is 1. The summed E-state index contributed by atoms with van der Waals surface area (Å²) in [6.45, 7) is 2.92. The summed E-state index contributed by atoms with van der Waals surface area (Å²) in [5.74, 6) is 0.711. The van der Waals surface area contributed by atoms with Crippen molar-refractivity contribution in [1.29, 1.82) is 0 Å². The third-order valence-electron chi connectivity index (χ3n) is 3.14. The van der Waals surface area contributed by atoms with Gasteiger partial charge in [0.05, 0.1) is 18.4 Å². The van der Waals surface area contributed by atoms with E-state index in [9.17, 15) is 4.79 Å². The van der Waals surface area contributed by atoms with Crippen molar-refractivity contribution in [2.75, 3.05) is 24.3 Å². The van der Waals surface area contributed by atoms with Crippen molar-refractivity contribution in [3.63, 3.8) is 0 Å². The van der Waals surface area contributed by atoms with Gasteiger partial charge in [-0.15, -0.1) is 0 Å². The smallest absolute Gasteiger partial charge is 0.258 e. The van der Waals surface area contributed by atoms with Gasteiger partial charge in [-0.2, -0.15) is 0 Å². The zero-order valence-corrected chi connectivity index (χ0v) is 13.9. The molecule has 0 aliphatic rings. The van der Waals surface area contributed by atoms with Gasteiger partial charge in [0.2, 0.25) is 5.95 Å². The molecule has 122 valence electrons. The molecule has 23 heavy (non-hydrogen) atoms. The second-order valence-corrected chi connectivity index (χ2v) is 5.31. The Hall–Kier alpha value is -2.34. The number of carbonyl (C=O) groups excluding carboxylic acids is 1. The van der Waals surface area contributed by atoms with E-state index in [2.05, 4.69) is 27.5 Å². The molecule has 1 amide bonds. The number of hydrogen-bond acceptors (Lipinski definition) is 5. The summed E-state index contributed by atoms with van der Waals surface area (Å²) in [7, 11) is 1.53. The zero-order chi connectivity index (χ0) is 16.7. The minimum Gasteiger partial charge on any atom is -0.495 e. The lowest BCUT2D eigenvalue weighted by molar-refractivity contribution is 0.102. The van der Waals surface area contributed by atoms with Gasteiger partial charge in [0, 0.05) is 24.0 Å². The molecule has 6 nitrogen and oxygen atoms in total. The number of carbonyl (C=O) groups is 1. The Morgan fingerprint density at radius 3 is 2.70 bits per heavy atom. The molecule has 1 aromatic heterocycles. The molecule has 2 N–H and O–H groups in total. The fourth-order valence-corrected chi connectivity index (χ4v) is 2.06. The lowest BCUT2D eigenvalue weighted by Gasteiger charge is -2.10. The molecule has 0 fully saturated rings. The van der Waals surface area contributed by atoms with Crippen LogP contribution in [0.5, 0.6) is 5.75 Å². The number of halogens is 1. The van der Waals surface area contributed by atoms with Crippen LogP contribution in [-0.4, -0.2) is 29.5 Å². The van der Waals surface area contributed by atoms with Crippen molar-refractivity contribution in [2.24, 2.45) is 0 Å². The predicted molar refractivity (Wildman–Crippen MR) is 91.4 cm³/mol. The van der Waals surface area contributed by atoms with Crippen LogP contribution in [0.25, 0.3) is 0 Å². The molecule has 1 aromatic carbocycles. The summed E-state index contributed by atoms with van der Waals surface area (Å²) >= 11 is 5.94. The summed E-state index contributed by atoms with van der Waals surface area (Å²) in [4.78, 5) is 20.5. The first-order valence-corrected chi connectivity index (χ1v) is 7.72. The third kappa shape index (κ3) is 4.82. The van der Waals surface area contributed by atoms with Crippen molar-refractivity contribution in [3.8, 4) is 5.75 Å². The lowest BCUT2D eigenvalue weighted by atomic mass is 10.2. The third-order valence-corrected chi connectivity index (χ3v) is 3.37. The fraction of sp³-hybridized carbons (Fsp3) is 0.312. The SMILES string of the molecule is CCCCNc1ncc(C(=O)Nc2cc(Cl)ccc2OC)cn1. The first kappa shape index (κ1) is 17.0. The number of rotatable bonds is 7. The molecule has 0 unspecified atom stereocenters. The average Bonchev–Trinajstić information content (AvgIpc) is 2.56. The Kier molecular flexibility index (Phi) is 6.17. The topological polar surface area (TPSA) is 76.1 Å². The van der Waals surface area contributed by atoms with E-state index in [0.29, 0.717) is 28.0 Å². The Morgan fingerprint density at radius 2 is 2.04 bits per heavy atom. The molecule has 0 bridgehead atoms. The van der Waals surface area contributed by atoms with Gasteiger partial charge in [-0.25, -0.2) is 9.97 Å². The van der Waals surface area contributed by atoms with Gasteiger partial charge in [-0.3, -0.25) is 4.79 Å². The number of aromatic nitrogens is 2. The van der Waals surface area contributed by atoms with Crippen molar-refractivity contribution >= 4 is 29.1 Å². The Balaban J connectivity index is 2.05. The lowest BCUT2D eigenvalue weighted by Crippen LogP contribution is -2.14. The van der Waals surface area contributed by atoms with Gasteiger partial charge in [0.1, 0.15) is 5.75 Å². The van der Waals surface area contributed by atoms with Crippen molar-refractivity contribution in [1.82, 2.24) is 9.97 Å². The number of unbranched alkanes of at least 4 members (excludes halogenated alkanes) is 1. The Labute approximate surface area is 140 Å². The number of ether oxygens (including phenoxy) is 1. The van der Waals surface area contributed by atoms with Crippen LogP contribution in [0.4, 0.5) is 11.6 Å². The molecule has 0 radical (unpaired) electrons. The molecule has 0 aliphatic carbocycles. The van der Waals surface area contributed by atoms with Crippen LogP contribution in [0.15, 0.2) is 30.6 Å². The molecular weight excluding hydrogens is 316 g/mol. The molecule has 2 rings (SSSR count). The minimum absolute atomic E-state index is 0.328. The molecule has 0 spiro atoms. The van der Waals surface area contributed by atoms with Gasteiger partial charge in [-0.1, -0.05) is 24.9 Å². The first-order chi connectivity index (χ1) is 11.1. The highest BCUT2D eigenvalue weighted by Gasteiger charge is 2.11. The van der Waals surface area contributed by atoms with Crippen LogP contribution in [-0.2, 0) is 0 Å². The molecule has 7 heteroatoms. The van der Waals surface area contributed by atoms with Crippen LogP contribution in [0.1, 0.15) is 30.1 Å². The maximum Gasteiger partial charge on any atom is 0.258 e. The van der Waals surface area contributed by atoms with E-state index in [1.165, 1.54) is 19.5 Å². The molecule has 0 atom stereocenters. The van der Waals surface area contributed by atoms with Crippen LogP contribution in [0.3, 0.4) is 0 Å². The highest BCUT2D eigenvalue weighted by molar-refractivity contribution is 6.31. The van der Waals surface area contributed by atoms with E-state index in [4.69, 9.17) is 16.3 Å².